The van der Waals surface area contributed by atoms with Gasteiger partial charge in [0.05, 0.1) is 10.7 Å². The second kappa shape index (κ2) is 6.46. The van der Waals surface area contributed by atoms with Gasteiger partial charge < -0.3 is 15.4 Å². The number of hydrogen-bond donors (Lipinski definition) is 2. The van der Waals surface area contributed by atoms with Crippen LogP contribution in [0, 0.1) is 12.3 Å². The van der Waals surface area contributed by atoms with Crippen LogP contribution in [-0.2, 0) is 4.74 Å². The van der Waals surface area contributed by atoms with Crippen molar-refractivity contribution in [2.24, 2.45) is 5.41 Å². The molecule has 0 aromatic heterocycles. The quantitative estimate of drug-likeness (QED) is 0.843. The third-order valence-corrected chi connectivity index (χ3v) is 4.36. The van der Waals surface area contributed by atoms with E-state index in [1.54, 1.807) is 13.2 Å². The van der Waals surface area contributed by atoms with E-state index >= 15 is 0 Å². The molecule has 0 radical (unpaired) electrons. The number of carbonyl (C=O) groups is 1. The summed E-state index contributed by atoms with van der Waals surface area (Å²) in [5.74, 6) is 0. The maximum atomic E-state index is 11.9. The van der Waals surface area contributed by atoms with Crippen LogP contribution in [-0.4, -0.2) is 26.3 Å². The predicted octanol–water partition coefficient (Wildman–Crippen LogP) is 3.59. The second-order valence-corrected chi connectivity index (χ2v) is 5.86. The molecule has 1 saturated carbocycles. The SMILES string of the molecule is COCCC1(CNC(=O)Nc2cccc(C)c2Cl)CC1. The van der Waals surface area contributed by atoms with E-state index in [9.17, 15) is 4.79 Å². The van der Waals surface area contributed by atoms with Crippen molar-refractivity contribution < 1.29 is 9.53 Å². The Morgan fingerprint density at radius 2 is 2.20 bits per heavy atom. The van der Waals surface area contributed by atoms with Gasteiger partial charge in [-0.3, -0.25) is 0 Å². The zero-order valence-corrected chi connectivity index (χ0v) is 12.7. The van der Waals surface area contributed by atoms with E-state index in [-0.39, 0.29) is 11.4 Å². The Kier molecular flexibility index (Phi) is 4.89. The number of benzene rings is 1. The van der Waals surface area contributed by atoms with Crippen LogP contribution in [0.2, 0.25) is 5.02 Å². The Labute approximate surface area is 124 Å². The predicted molar refractivity (Wildman–Crippen MR) is 81.4 cm³/mol. The molecule has 0 aliphatic heterocycles. The van der Waals surface area contributed by atoms with Crippen LogP contribution in [0.4, 0.5) is 10.5 Å². The van der Waals surface area contributed by atoms with Crippen molar-refractivity contribution in [3.63, 3.8) is 0 Å². The fourth-order valence-electron chi connectivity index (χ4n) is 2.19. The van der Waals surface area contributed by atoms with Crippen LogP contribution in [0.1, 0.15) is 24.8 Å². The molecule has 2 amide bonds. The Bertz CT molecular complexity index is 487. The largest absolute Gasteiger partial charge is 0.385 e. The van der Waals surface area contributed by atoms with Crippen LogP contribution in [0.25, 0.3) is 0 Å². The summed E-state index contributed by atoms with van der Waals surface area (Å²) in [6, 6.07) is 5.38. The molecular formula is C15H21ClN2O2. The van der Waals surface area contributed by atoms with E-state index in [1.807, 2.05) is 19.1 Å². The van der Waals surface area contributed by atoms with Gasteiger partial charge in [-0.15, -0.1) is 0 Å². The Morgan fingerprint density at radius 3 is 2.85 bits per heavy atom. The molecule has 1 aliphatic rings. The second-order valence-electron chi connectivity index (χ2n) is 5.49. The molecule has 4 nitrogen and oxygen atoms in total. The van der Waals surface area contributed by atoms with E-state index in [2.05, 4.69) is 10.6 Å². The number of ether oxygens (including phenoxy) is 1. The van der Waals surface area contributed by atoms with Gasteiger partial charge in [0.25, 0.3) is 0 Å². The summed E-state index contributed by atoms with van der Waals surface area (Å²) in [5, 5.41) is 6.31. The fourth-order valence-corrected chi connectivity index (χ4v) is 2.36. The maximum absolute atomic E-state index is 11.9. The molecule has 0 unspecified atom stereocenters. The smallest absolute Gasteiger partial charge is 0.319 e. The molecule has 0 heterocycles. The minimum atomic E-state index is -0.207. The standard InChI is InChI=1S/C15H21ClN2O2/c1-11-4-3-5-12(13(11)16)18-14(19)17-10-15(6-7-15)8-9-20-2/h3-5H,6-10H2,1-2H3,(H2,17,18,19). The van der Waals surface area contributed by atoms with Crippen molar-refractivity contribution >= 4 is 23.3 Å². The van der Waals surface area contributed by atoms with E-state index < -0.39 is 0 Å². The number of hydrogen-bond acceptors (Lipinski definition) is 2. The average molecular weight is 297 g/mol. The number of nitrogens with one attached hydrogen (secondary N) is 2. The van der Waals surface area contributed by atoms with Crippen molar-refractivity contribution in [2.75, 3.05) is 25.6 Å². The first-order valence-electron chi connectivity index (χ1n) is 6.85. The van der Waals surface area contributed by atoms with Gasteiger partial charge in [-0.25, -0.2) is 4.79 Å². The molecule has 0 bridgehead atoms. The number of anilines is 1. The molecule has 1 aromatic rings. The summed E-state index contributed by atoms with van der Waals surface area (Å²) < 4.78 is 5.10. The lowest BCUT2D eigenvalue weighted by Gasteiger charge is -2.16. The van der Waals surface area contributed by atoms with Crippen LogP contribution in [0.3, 0.4) is 0 Å². The minimum Gasteiger partial charge on any atom is -0.385 e. The summed E-state index contributed by atoms with van der Waals surface area (Å²) in [5.41, 5.74) is 1.83. The summed E-state index contributed by atoms with van der Waals surface area (Å²) in [6.45, 7) is 3.34. The summed E-state index contributed by atoms with van der Waals surface area (Å²) in [7, 11) is 1.70. The van der Waals surface area contributed by atoms with Crippen molar-refractivity contribution in [3.8, 4) is 0 Å². The van der Waals surface area contributed by atoms with Gasteiger partial charge in [0.15, 0.2) is 0 Å². The lowest BCUT2D eigenvalue weighted by molar-refractivity contribution is 0.171. The highest BCUT2D eigenvalue weighted by atomic mass is 35.5. The molecule has 0 atom stereocenters. The number of amides is 2. The number of methoxy groups -OCH3 is 1. The monoisotopic (exact) mass is 296 g/mol. The highest BCUT2D eigenvalue weighted by Gasteiger charge is 2.42. The molecule has 2 rings (SSSR count). The zero-order chi connectivity index (χ0) is 14.6. The van der Waals surface area contributed by atoms with Crippen LogP contribution in [0.15, 0.2) is 18.2 Å². The number of carbonyl (C=O) groups excluding carboxylic acids is 1. The topological polar surface area (TPSA) is 50.4 Å². The van der Waals surface area contributed by atoms with Crippen LogP contribution < -0.4 is 10.6 Å². The van der Waals surface area contributed by atoms with E-state index in [1.165, 1.54) is 0 Å². The summed E-state index contributed by atoms with van der Waals surface area (Å²) in [6.07, 6.45) is 3.30. The highest BCUT2D eigenvalue weighted by Crippen LogP contribution is 2.48. The first-order chi connectivity index (χ1) is 9.56. The number of rotatable bonds is 6. The maximum Gasteiger partial charge on any atom is 0.319 e. The van der Waals surface area contributed by atoms with Crippen molar-refractivity contribution in [2.45, 2.75) is 26.2 Å². The highest BCUT2D eigenvalue weighted by molar-refractivity contribution is 6.34. The normalized spacial score (nSPS) is 15.8. The first kappa shape index (κ1) is 15.1. The molecule has 0 spiro atoms. The van der Waals surface area contributed by atoms with Gasteiger partial charge in [-0.05, 0) is 43.2 Å². The van der Waals surface area contributed by atoms with Crippen molar-refractivity contribution in [1.29, 1.82) is 0 Å². The van der Waals surface area contributed by atoms with Gasteiger partial charge in [-0.1, -0.05) is 23.7 Å². The van der Waals surface area contributed by atoms with Crippen molar-refractivity contribution in [3.05, 3.63) is 28.8 Å². The number of aryl methyl sites for hydroxylation is 1. The zero-order valence-electron chi connectivity index (χ0n) is 12.0. The molecular weight excluding hydrogens is 276 g/mol. The number of urea groups is 1. The number of halogens is 1. The van der Waals surface area contributed by atoms with Gasteiger partial charge >= 0.3 is 6.03 Å². The average Bonchev–Trinajstić information content (AvgIpc) is 3.20. The van der Waals surface area contributed by atoms with E-state index in [0.29, 0.717) is 17.3 Å². The molecule has 1 aliphatic carbocycles. The van der Waals surface area contributed by atoms with Crippen molar-refractivity contribution in [1.82, 2.24) is 5.32 Å². The van der Waals surface area contributed by atoms with E-state index in [0.717, 1.165) is 31.4 Å². The van der Waals surface area contributed by atoms with Gasteiger partial charge in [0.1, 0.15) is 0 Å². The first-order valence-corrected chi connectivity index (χ1v) is 7.23. The third-order valence-electron chi connectivity index (χ3n) is 3.86. The van der Waals surface area contributed by atoms with Gasteiger partial charge in [0, 0.05) is 20.3 Å². The van der Waals surface area contributed by atoms with Crippen LogP contribution in [0.5, 0.6) is 0 Å². The molecule has 1 fully saturated rings. The Morgan fingerprint density at radius 1 is 1.45 bits per heavy atom. The molecule has 1 aromatic carbocycles. The minimum absolute atomic E-state index is 0.207. The Hall–Kier alpha value is -1.26. The molecule has 0 saturated heterocycles. The lowest BCUT2D eigenvalue weighted by atomic mass is 10.0. The Balaban J connectivity index is 1.83. The molecule has 5 heteroatoms. The van der Waals surface area contributed by atoms with E-state index in [4.69, 9.17) is 16.3 Å². The van der Waals surface area contributed by atoms with Gasteiger partial charge in [0.2, 0.25) is 0 Å². The molecule has 2 N–H and O–H groups in total. The fraction of sp³-hybridized carbons (Fsp3) is 0.533. The van der Waals surface area contributed by atoms with Gasteiger partial charge in [-0.2, -0.15) is 0 Å². The summed E-state index contributed by atoms with van der Waals surface area (Å²) in [4.78, 5) is 11.9. The molecule has 20 heavy (non-hydrogen) atoms. The van der Waals surface area contributed by atoms with Crippen LogP contribution >= 0.6 is 11.6 Å². The lowest BCUT2D eigenvalue weighted by Crippen LogP contribution is -2.34. The molecule has 110 valence electrons. The summed E-state index contributed by atoms with van der Waals surface area (Å²) >= 11 is 6.15. The third kappa shape index (κ3) is 3.87.